The molecular weight excluding hydrogens is 671 g/mol. The Morgan fingerprint density at radius 3 is 2.51 bits per heavy atom. The van der Waals surface area contributed by atoms with Crippen LogP contribution < -0.4 is 19.9 Å². The molecule has 0 bridgehead atoms. The van der Waals surface area contributed by atoms with E-state index in [1.165, 1.54) is 6.07 Å². The number of aromatic nitrogens is 2. The second-order valence-corrected chi connectivity index (χ2v) is 13.9. The number of unbranched alkanes of at least 4 members (excludes halogenated alkanes) is 5. The predicted octanol–water partition coefficient (Wildman–Crippen LogP) is 8.48. The minimum Gasteiger partial charge on any atom is -0.508 e. The summed E-state index contributed by atoms with van der Waals surface area (Å²) in [6.07, 6.45) is 17.4. The van der Waals surface area contributed by atoms with E-state index in [2.05, 4.69) is 22.8 Å². The molecule has 2 aliphatic rings. The largest absolute Gasteiger partial charge is 0.508 e. The van der Waals surface area contributed by atoms with Gasteiger partial charge in [-0.3, -0.25) is 5.32 Å². The first-order valence-corrected chi connectivity index (χ1v) is 19.0. The van der Waals surface area contributed by atoms with Gasteiger partial charge in [0.15, 0.2) is 17.6 Å². The van der Waals surface area contributed by atoms with Gasteiger partial charge in [-0.25, -0.2) is 19.0 Å². The molecule has 2 unspecified atom stereocenters. The van der Waals surface area contributed by atoms with E-state index in [1.807, 2.05) is 36.4 Å². The Morgan fingerprint density at radius 2 is 1.70 bits per heavy atom. The number of phenols is 1. The molecule has 0 spiro atoms. The topological polar surface area (TPSA) is 114 Å². The zero-order valence-corrected chi connectivity index (χ0v) is 30.3. The number of halogens is 1. The number of hydrogen-bond donors (Lipinski definition) is 3. The van der Waals surface area contributed by atoms with Gasteiger partial charge < -0.3 is 19.9 Å². The van der Waals surface area contributed by atoms with Gasteiger partial charge in [0.1, 0.15) is 29.4 Å². The molecule has 0 radical (unpaired) electrons. The van der Waals surface area contributed by atoms with E-state index in [1.54, 1.807) is 41.1 Å². The fourth-order valence-corrected chi connectivity index (χ4v) is 6.86. The maximum atomic E-state index is 15.1. The molecule has 0 saturated heterocycles. The summed E-state index contributed by atoms with van der Waals surface area (Å²) in [5.41, 5.74) is 3.86. The van der Waals surface area contributed by atoms with Crippen LogP contribution in [0.2, 0.25) is 0 Å². The molecule has 2 atom stereocenters. The van der Waals surface area contributed by atoms with E-state index in [-0.39, 0.29) is 29.6 Å². The average Bonchev–Trinajstić information content (AvgIpc) is 3.46. The zero-order valence-electron chi connectivity index (χ0n) is 30.3. The van der Waals surface area contributed by atoms with E-state index in [0.717, 1.165) is 87.4 Å². The van der Waals surface area contributed by atoms with Crippen LogP contribution in [-0.4, -0.2) is 47.4 Å². The van der Waals surface area contributed by atoms with E-state index < -0.39 is 11.9 Å². The lowest BCUT2D eigenvalue weighted by atomic mass is 10.0. The number of fused-ring (bicyclic) bond motifs is 1. The molecule has 3 aromatic carbocycles. The van der Waals surface area contributed by atoms with Crippen molar-refractivity contribution in [3.8, 4) is 22.8 Å². The third kappa shape index (κ3) is 10.9. The number of allylic oxidation sites excluding steroid dienone is 2. The van der Waals surface area contributed by atoms with Crippen molar-refractivity contribution in [3.05, 3.63) is 114 Å². The highest BCUT2D eigenvalue weighted by Gasteiger charge is 2.41. The van der Waals surface area contributed by atoms with Crippen molar-refractivity contribution in [3.63, 3.8) is 0 Å². The van der Waals surface area contributed by atoms with Crippen LogP contribution in [0.5, 0.6) is 11.5 Å². The smallest absolute Gasteiger partial charge is 0.407 e. The summed E-state index contributed by atoms with van der Waals surface area (Å²) in [6, 6.07) is 21.0. The van der Waals surface area contributed by atoms with Crippen LogP contribution in [0, 0.1) is 5.82 Å². The number of phenolic OH excluding ortho intramolecular Hbond substituents is 1. The van der Waals surface area contributed by atoms with Crippen LogP contribution >= 0.6 is 0 Å². The Kier molecular flexibility index (Phi) is 13.5. The number of carbonyl (C=O) groups is 2. The molecule has 0 saturated carbocycles. The van der Waals surface area contributed by atoms with E-state index in [4.69, 9.17) is 14.5 Å². The van der Waals surface area contributed by atoms with Gasteiger partial charge in [0.05, 0.1) is 6.61 Å². The Morgan fingerprint density at radius 1 is 0.925 bits per heavy atom. The number of alkyl carbamates (subject to hydrolysis) is 1. The molecule has 278 valence electrons. The molecule has 53 heavy (non-hydrogen) atoms. The predicted molar refractivity (Wildman–Crippen MR) is 203 cm³/mol. The van der Waals surface area contributed by atoms with Crippen LogP contribution in [0.4, 0.5) is 15.0 Å². The standard InChI is InChI=1S/C43H49FN4O5/c44-36-27-32(19-24-40(36)52-26-14-7-2-1-6-13-25-45-43(51)53-35-17-11-4-3-5-12-18-35)29-38-42(50)48-30-39(33-20-22-34(49)23-21-33)46-37(41(48)47-38)28-31-15-9-8-10-16-31/h3-4,8-10,15-16,19-24,27,30,35,38H,1-2,5-7,11-14,17-18,25-26,28-29H2,(H2,45,49,51)/p+1/b4-3+. The second-order valence-electron chi connectivity index (χ2n) is 13.9. The third-order valence-corrected chi connectivity index (χ3v) is 9.77. The van der Waals surface area contributed by atoms with Gasteiger partial charge in [0, 0.05) is 24.9 Å². The number of nitrogens with zero attached hydrogens (tertiary/aromatic N) is 2. The maximum absolute atomic E-state index is 15.1. The first-order chi connectivity index (χ1) is 25.9. The minimum absolute atomic E-state index is 0.0113. The van der Waals surface area contributed by atoms with Gasteiger partial charge >= 0.3 is 17.8 Å². The van der Waals surface area contributed by atoms with Crippen molar-refractivity contribution in [2.75, 3.05) is 18.5 Å². The monoisotopic (exact) mass is 721 g/mol. The van der Waals surface area contributed by atoms with Crippen LogP contribution in [0.15, 0.2) is 91.1 Å². The first kappa shape index (κ1) is 37.5. The van der Waals surface area contributed by atoms with Gasteiger partial charge in [0.2, 0.25) is 0 Å². The van der Waals surface area contributed by atoms with Crippen molar-refractivity contribution < 1.29 is 33.1 Å². The number of anilines is 1. The Hall–Kier alpha value is -5.25. The number of nitrogens with one attached hydrogen (secondary N) is 2. The zero-order chi connectivity index (χ0) is 36.8. The summed E-state index contributed by atoms with van der Waals surface area (Å²) in [7, 11) is 0. The van der Waals surface area contributed by atoms with Gasteiger partial charge in [0.25, 0.3) is 0 Å². The van der Waals surface area contributed by atoms with Gasteiger partial charge in [-0.1, -0.05) is 74.2 Å². The molecule has 9 nitrogen and oxygen atoms in total. The van der Waals surface area contributed by atoms with Crippen molar-refractivity contribution >= 4 is 17.8 Å². The number of ether oxygens (including phenoxy) is 2. The van der Waals surface area contributed by atoms with Gasteiger partial charge in [-0.05, 0) is 92.5 Å². The molecule has 1 aliphatic carbocycles. The first-order valence-electron chi connectivity index (χ1n) is 19.0. The lowest BCUT2D eigenvalue weighted by molar-refractivity contribution is -0.552. The molecule has 4 aromatic rings. The molecule has 1 aliphatic heterocycles. The summed E-state index contributed by atoms with van der Waals surface area (Å²) in [4.78, 5) is 30.7. The average molecular weight is 722 g/mol. The van der Waals surface area contributed by atoms with Crippen molar-refractivity contribution in [1.29, 1.82) is 0 Å². The summed E-state index contributed by atoms with van der Waals surface area (Å²) in [5, 5.41) is 16.0. The minimum atomic E-state index is -0.592. The molecule has 10 heteroatoms. The quantitative estimate of drug-likeness (QED) is 0.0604. The number of rotatable bonds is 16. The highest BCUT2D eigenvalue weighted by atomic mass is 19.1. The highest BCUT2D eigenvalue weighted by Crippen LogP contribution is 2.27. The third-order valence-electron chi connectivity index (χ3n) is 9.77. The normalized spacial score (nSPS) is 17.3. The summed E-state index contributed by atoms with van der Waals surface area (Å²) >= 11 is 0. The highest BCUT2D eigenvalue weighted by molar-refractivity contribution is 5.83. The van der Waals surface area contributed by atoms with Crippen LogP contribution in [0.3, 0.4) is 0 Å². The lowest BCUT2D eigenvalue weighted by Crippen LogP contribution is -2.44. The molecule has 2 heterocycles. The fourth-order valence-electron chi connectivity index (χ4n) is 6.86. The Labute approximate surface area is 311 Å². The molecular formula is C43H50FN4O5+. The number of aromatic hydroxyl groups is 1. The number of hydrogen-bond acceptors (Lipinski definition) is 7. The van der Waals surface area contributed by atoms with Crippen molar-refractivity contribution in [2.45, 2.75) is 95.6 Å². The Bertz CT molecular complexity index is 1850. The number of amides is 1. The fraction of sp³-hybridized carbons (Fsp3) is 0.395. The van der Waals surface area contributed by atoms with Gasteiger partial charge in [-0.15, -0.1) is 0 Å². The van der Waals surface area contributed by atoms with E-state index in [0.29, 0.717) is 43.1 Å². The van der Waals surface area contributed by atoms with Crippen LogP contribution in [0.25, 0.3) is 11.3 Å². The maximum Gasteiger partial charge on any atom is 0.407 e. The Balaban J connectivity index is 0.928. The molecule has 1 aromatic heterocycles. The second kappa shape index (κ2) is 19.0. The molecule has 1 amide bonds. The summed E-state index contributed by atoms with van der Waals surface area (Å²) in [5.74, 6) is 0.395. The lowest BCUT2D eigenvalue weighted by Gasteiger charge is -2.18. The van der Waals surface area contributed by atoms with Crippen LogP contribution in [-0.2, 0) is 17.6 Å². The number of carbonyl (C=O) groups excluding carboxylic acids is 2. The summed E-state index contributed by atoms with van der Waals surface area (Å²) < 4.78 is 28.1. The van der Waals surface area contributed by atoms with Crippen molar-refractivity contribution in [1.82, 2.24) is 10.3 Å². The van der Waals surface area contributed by atoms with Crippen molar-refractivity contribution in [2.24, 2.45) is 0 Å². The van der Waals surface area contributed by atoms with Gasteiger partial charge in [-0.2, -0.15) is 4.57 Å². The molecule has 0 fully saturated rings. The summed E-state index contributed by atoms with van der Waals surface area (Å²) in [6.45, 7) is 1.05. The molecule has 6 rings (SSSR count). The number of benzene rings is 3. The van der Waals surface area contributed by atoms with E-state index in [9.17, 15) is 14.7 Å². The molecule has 3 N–H and O–H groups in total. The van der Waals surface area contributed by atoms with E-state index >= 15 is 4.39 Å². The SMILES string of the molecule is O=C(NCCCCCCCCOc1ccc(CC2Nc3c(Cc4ccccc4)nc(-c4ccc(O)cc4)c[n+]3C2=O)cc1F)OC1CC/C=C/CCC1. The van der Waals surface area contributed by atoms with Crippen LogP contribution in [0.1, 0.15) is 92.2 Å².